The lowest BCUT2D eigenvalue weighted by atomic mass is 9.99. The van der Waals surface area contributed by atoms with Crippen LogP contribution in [0.4, 0.5) is 4.39 Å². The number of aryl methyl sites for hydroxylation is 1. The zero-order valence-electron chi connectivity index (χ0n) is 7.63. The summed E-state index contributed by atoms with van der Waals surface area (Å²) in [6, 6.07) is 4.45. The molecular formula is C10H14FNO. The molecular weight excluding hydrogens is 169 g/mol. The van der Waals surface area contributed by atoms with E-state index < -0.39 is 6.04 Å². The van der Waals surface area contributed by atoms with Crippen molar-refractivity contribution in [1.82, 2.24) is 0 Å². The van der Waals surface area contributed by atoms with Crippen molar-refractivity contribution >= 4 is 0 Å². The summed E-state index contributed by atoms with van der Waals surface area (Å²) in [5, 5.41) is 8.68. The number of aliphatic hydroxyl groups excluding tert-OH is 1. The third kappa shape index (κ3) is 2.26. The standard InChI is InChI=1S/C10H14FNO/c1-7-3-2-4-8(11)10(7)9(12)5-6-13/h2-4,9,13H,5-6,12H2,1H3/t9-/m1/s1. The lowest BCUT2D eigenvalue weighted by molar-refractivity contribution is 0.275. The zero-order valence-corrected chi connectivity index (χ0v) is 7.63. The third-order valence-electron chi connectivity index (χ3n) is 2.08. The van der Waals surface area contributed by atoms with Crippen molar-refractivity contribution in [3.63, 3.8) is 0 Å². The van der Waals surface area contributed by atoms with Crippen molar-refractivity contribution in [2.24, 2.45) is 5.73 Å². The minimum absolute atomic E-state index is 0.0189. The Hall–Kier alpha value is -0.930. The van der Waals surface area contributed by atoms with E-state index in [-0.39, 0.29) is 12.4 Å². The molecule has 1 aromatic rings. The van der Waals surface area contributed by atoms with Crippen molar-refractivity contribution in [2.45, 2.75) is 19.4 Å². The van der Waals surface area contributed by atoms with Crippen LogP contribution in [0.5, 0.6) is 0 Å². The fourth-order valence-corrected chi connectivity index (χ4v) is 1.40. The van der Waals surface area contributed by atoms with E-state index in [1.54, 1.807) is 6.07 Å². The molecule has 13 heavy (non-hydrogen) atoms. The lowest BCUT2D eigenvalue weighted by Crippen LogP contribution is -2.15. The third-order valence-corrected chi connectivity index (χ3v) is 2.08. The van der Waals surface area contributed by atoms with Gasteiger partial charge in [-0.25, -0.2) is 4.39 Å². The first kappa shape index (κ1) is 10.2. The second-order valence-corrected chi connectivity index (χ2v) is 3.09. The average Bonchev–Trinajstić information content (AvgIpc) is 2.04. The van der Waals surface area contributed by atoms with Crippen LogP contribution in [0.15, 0.2) is 18.2 Å². The van der Waals surface area contributed by atoms with Crippen LogP contribution in [0.2, 0.25) is 0 Å². The van der Waals surface area contributed by atoms with E-state index in [0.29, 0.717) is 12.0 Å². The van der Waals surface area contributed by atoms with Gasteiger partial charge in [0.05, 0.1) is 0 Å². The van der Waals surface area contributed by atoms with Crippen LogP contribution in [-0.4, -0.2) is 11.7 Å². The Balaban J connectivity index is 2.98. The highest BCUT2D eigenvalue weighted by atomic mass is 19.1. The summed E-state index contributed by atoms with van der Waals surface area (Å²) in [4.78, 5) is 0. The predicted molar refractivity (Wildman–Crippen MR) is 49.8 cm³/mol. The summed E-state index contributed by atoms with van der Waals surface area (Å²) in [6.07, 6.45) is 0.391. The molecule has 0 aliphatic carbocycles. The molecule has 3 N–H and O–H groups in total. The molecule has 1 atom stereocenters. The number of benzene rings is 1. The topological polar surface area (TPSA) is 46.2 Å². The van der Waals surface area contributed by atoms with Crippen molar-refractivity contribution < 1.29 is 9.50 Å². The van der Waals surface area contributed by atoms with Crippen LogP contribution < -0.4 is 5.73 Å². The molecule has 1 rings (SSSR count). The number of hydrogen-bond donors (Lipinski definition) is 2. The monoisotopic (exact) mass is 183 g/mol. The smallest absolute Gasteiger partial charge is 0.128 e. The first-order valence-electron chi connectivity index (χ1n) is 4.28. The van der Waals surface area contributed by atoms with Crippen LogP contribution in [0, 0.1) is 12.7 Å². The Kier molecular flexibility index (Phi) is 3.39. The normalized spacial score (nSPS) is 12.9. The first-order valence-corrected chi connectivity index (χ1v) is 4.28. The molecule has 0 aliphatic heterocycles. The number of hydrogen-bond acceptors (Lipinski definition) is 2. The second-order valence-electron chi connectivity index (χ2n) is 3.09. The minimum Gasteiger partial charge on any atom is -0.396 e. The quantitative estimate of drug-likeness (QED) is 0.746. The lowest BCUT2D eigenvalue weighted by Gasteiger charge is -2.13. The van der Waals surface area contributed by atoms with Gasteiger partial charge in [0, 0.05) is 18.2 Å². The largest absolute Gasteiger partial charge is 0.396 e. The molecule has 2 nitrogen and oxygen atoms in total. The fraction of sp³-hybridized carbons (Fsp3) is 0.400. The highest BCUT2D eigenvalue weighted by Gasteiger charge is 2.12. The number of nitrogens with two attached hydrogens (primary N) is 1. The highest BCUT2D eigenvalue weighted by molar-refractivity contribution is 5.30. The summed E-state index contributed by atoms with van der Waals surface area (Å²) in [5.41, 5.74) is 7.05. The number of rotatable bonds is 3. The van der Waals surface area contributed by atoms with Crippen LogP contribution in [0.25, 0.3) is 0 Å². The summed E-state index contributed by atoms with van der Waals surface area (Å²) in [5.74, 6) is -0.291. The van der Waals surface area contributed by atoms with Crippen molar-refractivity contribution in [1.29, 1.82) is 0 Å². The molecule has 0 aromatic heterocycles. The molecule has 0 bridgehead atoms. The SMILES string of the molecule is Cc1cccc(F)c1[C@H](N)CCO. The van der Waals surface area contributed by atoms with Gasteiger partial charge in [-0.05, 0) is 25.0 Å². The van der Waals surface area contributed by atoms with Gasteiger partial charge in [0.25, 0.3) is 0 Å². The van der Waals surface area contributed by atoms with Gasteiger partial charge >= 0.3 is 0 Å². The number of aliphatic hydroxyl groups is 1. The predicted octanol–water partition coefficient (Wildman–Crippen LogP) is 1.52. The molecule has 72 valence electrons. The average molecular weight is 183 g/mol. The van der Waals surface area contributed by atoms with Gasteiger partial charge in [-0.15, -0.1) is 0 Å². The van der Waals surface area contributed by atoms with E-state index in [9.17, 15) is 4.39 Å². The maximum atomic E-state index is 13.3. The molecule has 3 heteroatoms. The second kappa shape index (κ2) is 4.35. The molecule has 0 saturated heterocycles. The summed E-state index contributed by atoms with van der Waals surface area (Å²) >= 11 is 0. The molecule has 1 aromatic carbocycles. The zero-order chi connectivity index (χ0) is 9.84. The van der Waals surface area contributed by atoms with Crippen LogP contribution >= 0.6 is 0 Å². The van der Waals surface area contributed by atoms with Gasteiger partial charge in [-0.1, -0.05) is 12.1 Å². The van der Waals surface area contributed by atoms with Gasteiger partial charge in [0.2, 0.25) is 0 Å². The molecule has 0 saturated carbocycles. The molecule has 0 aliphatic rings. The van der Waals surface area contributed by atoms with Gasteiger partial charge in [-0.3, -0.25) is 0 Å². The molecule has 0 fully saturated rings. The van der Waals surface area contributed by atoms with E-state index in [4.69, 9.17) is 10.8 Å². The Morgan fingerprint density at radius 3 is 2.77 bits per heavy atom. The van der Waals surface area contributed by atoms with E-state index >= 15 is 0 Å². The Labute approximate surface area is 77.2 Å². The van der Waals surface area contributed by atoms with Gasteiger partial charge in [0.1, 0.15) is 5.82 Å². The van der Waals surface area contributed by atoms with Crippen LogP contribution in [0.3, 0.4) is 0 Å². The number of halogens is 1. The summed E-state index contributed by atoms with van der Waals surface area (Å²) in [6.45, 7) is 1.80. The summed E-state index contributed by atoms with van der Waals surface area (Å²) in [7, 11) is 0. The Morgan fingerprint density at radius 2 is 2.23 bits per heavy atom. The van der Waals surface area contributed by atoms with Crippen LogP contribution in [0.1, 0.15) is 23.6 Å². The fourth-order valence-electron chi connectivity index (χ4n) is 1.40. The molecule has 0 amide bonds. The molecule has 0 spiro atoms. The van der Waals surface area contributed by atoms with Gasteiger partial charge < -0.3 is 10.8 Å². The molecule has 0 radical (unpaired) electrons. The van der Waals surface area contributed by atoms with Crippen LogP contribution in [-0.2, 0) is 0 Å². The van der Waals surface area contributed by atoms with Crippen molar-refractivity contribution in [3.05, 3.63) is 35.1 Å². The van der Waals surface area contributed by atoms with E-state index in [0.717, 1.165) is 5.56 Å². The van der Waals surface area contributed by atoms with E-state index in [2.05, 4.69) is 0 Å². The van der Waals surface area contributed by atoms with E-state index in [1.807, 2.05) is 13.0 Å². The van der Waals surface area contributed by atoms with E-state index in [1.165, 1.54) is 6.07 Å². The van der Waals surface area contributed by atoms with Gasteiger partial charge in [-0.2, -0.15) is 0 Å². The van der Waals surface area contributed by atoms with Gasteiger partial charge in [0.15, 0.2) is 0 Å². The summed E-state index contributed by atoms with van der Waals surface area (Å²) < 4.78 is 13.3. The highest BCUT2D eigenvalue weighted by Crippen LogP contribution is 2.21. The minimum atomic E-state index is -0.411. The molecule has 0 heterocycles. The maximum absolute atomic E-state index is 13.3. The molecule has 0 unspecified atom stereocenters. The van der Waals surface area contributed by atoms with Crippen molar-refractivity contribution in [3.8, 4) is 0 Å². The Bertz CT molecular complexity index is 268. The first-order chi connectivity index (χ1) is 6.16. The van der Waals surface area contributed by atoms with Crippen molar-refractivity contribution in [2.75, 3.05) is 6.61 Å². The Morgan fingerprint density at radius 1 is 1.54 bits per heavy atom. The maximum Gasteiger partial charge on any atom is 0.128 e.